The van der Waals surface area contributed by atoms with Crippen LogP contribution in [0.3, 0.4) is 0 Å². The summed E-state index contributed by atoms with van der Waals surface area (Å²) in [4.78, 5) is 0. The van der Waals surface area contributed by atoms with Gasteiger partial charge in [-0.25, -0.2) is 0 Å². The molecule has 0 heterocycles. The van der Waals surface area contributed by atoms with Crippen LogP contribution < -0.4 is 0 Å². The minimum absolute atomic E-state index is 0.122. The predicted octanol–water partition coefficient (Wildman–Crippen LogP) is 4.17. The lowest BCUT2D eigenvalue weighted by Crippen LogP contribution is -1.81. The van der Waals surface area contributed by atoms with Gasteiger partial charge in [-0.15, -0.1) is 0 Å². The Kier molecular flexibility index (Phi) is 6.23. The van der Waals surface area contributed by atoms with Crippen molar-refractivity contribution in [3.63, 3.8) is 0 Å². The summed E-state index contributed by atoms with van der Waals surface area (Å²) in [5, 5.41) is 18.6. The minimum atomic E-state index is 0.122. The van der Waals surface area contributed by atoms with Gasteiger partial charge in [-0.05, 0) is 37.0 Å². The molecule has 17 heavy (non-hydrogen) atoms. The summed E-state index contributed by atoms with van der Waals surface area (Å²) < 4.78 is 0. The van der Waals surface area contributed by atoms with Gasteiger partial charge in [0.2, 0.25) is 0 Å². The molecule has 1 rings (SSSR count). The second-order valence-electron chi connectivity index (χ2n) is 4.38. The second-order valence-corrected chi connectivity index (χ2v) is 4.38. The molecule has 0 bridgehead atoms. The average molecular weight is 234 g/mol. The van der Waals surface area contributed by atoms with Crippen molar-refractivity contribution in [2.24, 2.45) is 0 Å². The number of benzene rings is 1. The first-order valence-corrected chi connectivity index (χ1v) is 6.39. The Hall–Kier alpha value is -1.44. The van der Waals surface area contributed by atoms with Gasteiger partial charge >= 0.3 is 0 Å². The molecule has 0 saturated carbocycles. The van der Waals surface area contributed by atoms with E-state index in [1.165, 1.54) is 31.7 Å². The molecule has 0 amide bonds. The molecule has 1 aromatic rings. The standard InChI is InChI=1S/C15H22O2/c1-2-3-4-5-6-7-8-9-13-10-14(16)12-15(17)11-13/h7-8,10-12,16-17H,2-6,9H2,1H3/b8-7+. The number of hydrogen-bond acceptors (Lipinski definition) is 2. The van der Waals surface area contributed by atoms with Crippen molar-refractivity contribution in [1.82, 2.24) is 0 Å². The van der Waals surface area contributed by atoms with Crippen LogP contribution in [0.4, 0.5) is 0 Å². The smallest absolute Gasteiger partial charge is 0.119 e. The summed E-state index contributed by atoms with van der Waals surface area (Å²) >= 11 is 0. The lowest BCUT2D eigenvalue weighted by Gasteiger charge is -2.00. The fourth-order valence-corrected chi connectivity index (χ4v) is 1.80. The van der Waals surface area contributed by atoms with Crippen LogP contribution in [-0.4, -0.2) is 10.2 Å². The summed E-state index contributed by atoms with van der Waals surface area (Å²) in [6, 6.07) is 4.71. The maximum atomic E-state index is 9.31. The first-order chi connectivity index (χ1) is 8.22. The third kappa shape index (κ3) is 6.00. The van der Waals surface area contributed by atoms with Crippen LogP contribution >= 0.6 is 0 Å². The zero-order valence-electron chi connectivity index (χ0n) is 10.5. The van der Waals surface area contributed by atoms with Crippen LogP contribution in [0, 0.1) is 0 Å². The Morgan fingerprint density at radius 3 is 2.29 bits per heavy atom. The highest BCUT2D eigenvalue weighted by Crippen LogP contribution is 2.20. The zero-order valence-corrected chi connectivity index (χ0v) is 10.5. The SMILES string of the molecule is CCCCCC/C=C/Cc1cc(O)cc(O)c1. The monoisotopic (exact) mass is 234 g/mol. The van der Waals surface area contributed by atoms with E-state index < -0.39 is 0 Å². The summed E-state index contributed by atoms with van der Waals surface area (Å²) in [6.07, 6.45) is 11.3. The summed E-state index contributed by atoms with van der Waals surface area (Å²) in [6.45, 7) is 2.21. The van der Waals surface area contributed by atoms with E-state index in [1.54, 1.807) is 12.1 Å². The number of aromatic hydroxyl groups is 2. The molecule has 0 aliphatic rings. The normalized spacial score (nSPS) is 11.1. The third-order valence-electron chi connectivity index (χ3n) is 2.71. The Labute approximate surface area is 104 Å². The van der Waals surface area contributed by atoms with Gasteiger partial charge in [0.05, 0.1) is 0 Å². The van der Waals surface area contributed by atoms with Gasteiger partial charge in [-0.1, -0.05) is 38.3 Å². The third-order valence-corrected chi connectivity index (χ3v) is 2.71. The molecule has 0 fully saturated rings. The van der Waals surface area contributed by atoms with E-state index in [1.807, 2.05) is 0 Å². The van der Waals surface area contributed by atoms with Gasteiger partial charge in [-0.2, -0.15) is 0 Å². The highest BCUT2D eigenvalue weighted by atomic mass is 16.3. The minimum Gasteiger partial charge on any atom is -0.508 e. The molecule has 2 heteroatoms. The van der Waals surface area contributed by atoms with E-state index in [4.69, 9.17) is 0 Å². The Balaban J connectivity index is 2.27. The fraction of sp³-hybridized carbons (Fsp3) is 0.467. The van der Waals surface area contributed by atoms with Crippen LogP contribution in [0.5, 0.6) is 11.5 Å². The van der Waals surface area contributed by atoms with Gasteiger partial charge < -0.3 is 10.2 Å². The molecule has 0 aliphatic heterocycles. The summed E-state index contributed by atoms with van der Waals surface area (Å²) in [5.74, 6) is 0.243. The van der Waals surface area contributed by atoms with Gasteiger partial charge in [-0.3, -0.25) is 0 Å². The van der Waals surface area contributed by atoms with Crippen molar-refractivity contribution >= 4 is 0 Å². The van der Waals surface area contributed by atoms with Gasteiger partial charge in [0, 0.05) is 6.07 Å². The molecular formula is C15H22O2. The largest absolute Gasteiger partial charge is 0.508 e. The molecule has 0 radical (unpaired) electrons. The van der Waals surface area contributed by atoms with Crippen molar-refractivity contribution in [2.75, 3.05) is 0 Å². The van der Waals surface area contributed by atoms with E-state index >= 15 is 0 Å². The number of phenols is 2. The van der Waals surface area contributed by atoms with E-state index in [2.05, 4.69) is 19.1 Å². The first kappa shape index (κ1) is 13.6. The van der Waals surface area contributed by atoms with Crippen LogP contribution in [0.15, 0.2) is 30.4 Å². The number of phenolic OH excluding ortho intramolecular Hbond substituents is 2. The molecule has 0 aromatic heterocycles. The molecular weight excluding hydrogens is 212 g/mol. The number of unbranched alkanes of at least 4 members (excludes halogenated alkanes) is 4. The van der Waals surface area contributed by atoms with Crippen molar-refractivity contribution in [1.29, 1.82) is 0 Å². The highest BCUT2D eigenvalue weighted by Gasteiger charge is 1.96. The average Bonchev–Trinajstić information content (AvgIpc) is 2.26. The van der Waals surface area contributed by atoms with Gasteiger partial charge in [0.25, 0.3) is 0 Å². The van der Waals surface area contributed by atoms with Crippen LogP contribution in [0.25, 0.3) is 0 Å². The Bertz CT molecular complexity index is 336. The highest BCUT2D eigenvalue weighted by molar-refractivity contribution is 5.37. The number of hydrogen-bond donors (Lipinski definition) is 2. The summed E-state index contributed by atoms with van der Waals surface area (Å²) in [5.41, 5.74) is 0.937. The maximum absolute atomic E-state index is 9.31. The molecule has 0 atom stereocenters. The van der Waals surface area contributed by atoms with Gasteiger partial charge in [0.15, 0.2) is 0 Å². The van der Waals surface area contributed by atoms with Crippen molar-refractivity contribution in [2.45, 2.75) is 45.4 Å². The van der Waals surface area contributed by atoms with Crippen LogP contribution in [-0.2, 0) is 6.42 Å². The van der Waals surface area contributed by atoms with Crippen molar-refractivity contribution in [3.05, 3.63) is 35.9 Å². The lowest BCUT2D eigenvalue weighted by atomic mass is 10.1. The molecule has 0 spiro atoms. The predicted molar refractivity (Wildman–Crippen MR) is 71.4 cm³/mol. The Morgan fingerprint density at radius 1 is 0.941 bits per heavy atom. The zero-order chi connectivity index (χ0) is 12.5. The lowest BCUT2D eigenvalue weighted by molar-refractivity contribution is 0.449. The van der Waals surface area contributed by atoms with E-state index in [9.17, 15) is 10.2 Å². The molecule has 2 nitrogen and oxygen atoms in total. The molecule has 1 aromatic carbocycles. The molecule has 94 valence electrons. The summed E-state index contributed by atoms with van der Waals surface area (Å²) in [7, 11) is 0. The van der Waals surface area contributed by atoms with Crippen LogP contribution in [0.1, 0.15) is 44.6 Å². The quantitative estimate of drug-likeness (QED) is 0.549. The first-order valence-electron chi connectivity index (χ1n) is 6.39. The molecule has 0 aliphatic carbocycles. The van der Waals surface area contributed by atoms with E-state index in [-0.39, 0.29) is 11.5 Å². The topological polar surface area (TPSA) is 40.5 Å². The maximum Gasteiger partial charge on any atom is 0.119 e. The van der Waals surface area contributed by atoms with E-state index in [0.29, 0.717) is 0 Å². The second kappa shape index (κ2) is 7.77. The molecule has 0 saturated heterocycles. The Morgan fingerprint density at radius 2 is 1.65 bits per heavy atom. The molecule has 2 N–H and O–H groups in total. The molecule has 0 unspecified atom stereocenters. The number of rotatable bonds is 7. The van der Waals surface area contributed by atoms with E-state index in [0.717, 1.165) is 18.4 Å². The van der Waals surface area contributed by atoms with Crippen molar-refractivity contribution in [3.8, 4) is 11.5 Å². The number of allylic oxidation sites excluding steroid dienone is 2. The fourth-order valence-electron chi connectivity index (χ4n) is 1.80. The van der Waals surface area contributed by atoms with Crippen molar-refractivity contribution < 1.29 is 10.2 Å². The van der Waals surface area contributed by atoms with Gasteiger partial charge in [0.1, 0.15) is 11.5 Å². The van der Waals surface area contributed by atoms with Crippen LogP contribution in [0.2, 0.25) is 0 Å².